The molecule has 0 atom stereocenters. The number of para-hydroxylation sites is 1. The van der Waals surface area contributed by atoms with E-state index in [1.807, 2.05) is 30.3 Å². The maximum Gasteiger partial charge on any atom is 0.346 e. The van der Waals surface area contributed by atoms with Gasteiger partial charge in [0.2, 0.25) is 0 Å². The van der Waals surface area contributed by atoms with Crippen LogP contribution in [0.5, 0.6) is 0 Å². The molecule has 1 heterocycles. The molecule has 0 aliphatic carbocycles. The lowest BCUT2D eigenvalue weighted by molar-refractivity contribution is 0.251. The second kappa shape index (κ2) is 8.37. The fraction of sp³-hybridized carbons (Fsp3) is 0.0435. The second-order valence-corrected chi connectivity index (χ2v) is 9.39. The number of carbonyl (C=O) groups excluding carboxylic acids is 1. The zero-order chi connectivity index (χ0) is 22.0. The second-order valence-electron chi connectivity index (χ2n) is 6.94. The maximum absolute atomic E-state index is 12.8. The Morgan fingerprint density at radius 3 is 2.13 bits per heavy atom. The van der Waals surface area contributed by atoms with Crippen LogP contribution in [-0.2, 0) is 9.84 Å². The summed E-state index contributed by atoms with van der Waals surface area (Å²) in [7, 11) is -3.32. The van der Waals surface area contributed by atoms with E-state index in [0.29, 0.717) is 27.5 Å². The van der Waals surface area contributed by atoms with Gasteiger partial charge in [-0.25, -0.2) is 13.2 Å². The van der Waals surface area contributed by atoms with Crippen LogP contribution >= 0.6 is 11.6 Å². The van der Waals surface area contributed by atoms with E-state index in [9.17, 15) is 13.2 Å². The van der Waals surface area contributed by atoms with Gasteiger partial charge in [-0.1, -0.05) is 54.1 Å². The third-order valence-corrected chi connectivity index (χ3v) is 6.04. The molecule has 0 aliphatic heterocycles. The van der Waals surface area contributed by atoms with Crippen LogP contribution in [0, 0.1) is 0 Å². The first-order chi connectivity index (χ1) is 14.8. The first kappa shape index (κ1) is 20.8. The molecule has 1 amide bonds. The van der Waals surface area contributed by atoms with Crippen molar-refractivity contribution in [2.24, 2.45) is 0 Å². The quantitative estimate of drug-likeness (QED) is 0.453. The SMILES string of the molecule is CS(=O)(=O)c1ccc(-c2nn(C(=O)Nc3ccccc3)cc2-c2ccc(Cl)cc2)cc1. The molecule has 0 radical (unpaired) electrons. The molecule has 156 valence electrons. The number of carbonyl (C=O) groups is 1. The van der Waals surface area contributed by atoms with Crippen molar-refractivity contribution in [3.63, 3.8) is 0 Å². The number of nitrogens with one attached hydrogen (secondary N) is 1. The van der Waals surface area contributed by atoms with Crippen LogP contribution in [0.1, 0.15) is 0 Å². The summed E-state index contributed by atoms with van der Waals surface area (Å²) < 4.78 is 24.8. The molecule has 0 bridgehead atoms. The summed E-state index contributed by atoms with van der Waals surface area (Å²) in [6.45, 7) is 0. The van der Waals surface area contributed by atoms with Crippen molar-refractivity contribution in [3.05, 3.63) is 90.1 Å². The van der Waals surface area contributed by atoms with E-state index >= 15 is 0 Å². The predicted octanol–water partition coefficient (Wildman–Crippen LogP) is 5.35. The molecule has 0 aliphatic rings. The Kier molecular flexibility index (Phi) is 5.63. The van der Waals surface area contributed by atoms with Crippen LogP contribution in [0.2, 0.25) is 5.02 Å². The Balaban J connectivity index is 1.77. The van der Waals surface area contributed by atoms with Gasteiger partial charge in [-0.15, -0.1) is 0 Å². The highest BCUT2D eigenvalue weighted by Gasteiger charge is 2.17. The van der Waals surface area contributed by atoms with Gasteiger partial charge in [-0.05, 0) is 42.0 Å². The summed E-state index contributed by atoms with van der Waals surface area (Å²) in [4.78, 5) is 13.0. The first-order valence-electron chi connectivity index (χ1n) is 9.34. The van der Waals surface area contributed by atoms with Gasteiger partial charge < -0.3 is 5.32 Å². The lowest BCUT2D eigenvalue weighted by atomic mass is 10.0. The van der Waals surface area contributed by atoms with Gasteiger partial charge in [0, 0.05) is 34.3 Å². The Bertz CT molecular complexity index is 1330. The number of benzene rings is 3. The fourth-order valence-electron chi connectivity index (χ4n) is 3.09. The summed E-state index contributed by atoms with van der Waals surface area (Å²) in [5.74, 6) is 0. The topological polar surface area (TPSA) is 81.1 Å². The number of aromatic nitrogens is 2. The Morgan fingerprint density at radius 2 is 1.52 bits per heavy atom. The number of anilines is 1. The van der Waals surface area contributed by atoms with E-state index in [2.05, 4.69) is 10.4 Å². The van der Waals surface area contributed by atoms with E-state index in [-0.39, 0.29) is 4.90 Å². The molecule has 0 unspecified atom stereocenters. The Hall–Kier alpha value is -3.42. The van der Waals surface area contributed by atoms with Crippen molar-refractivity contribution >= 4 is 33.2 Å². The van der Waals surface area contributed by atoms with Crippen molar-refractivity contribution in [2.75, 3.05) is 11.6 Å². The Labute approximate surface area is 185 Å². The van der Waals surface area contributed by atoms with Crippen molar-refractivity contribution < 1.29 is 13.2 Å². The van der Waals surface area contributed by atoms with E-state index in [0.717, 1.165) is 11.8 Å². The molecule has 3 aromatic carbocycles. The summed E-state index contributed by atoms with van der Waals surface area (Å²) >= 11 is 6.02. The number of hydrogen-bond acceptors (Lipinski definition) is 4. The molecular formula is C23H18ClN3O3S. The van der Waals surface area contributed by atoms with Gasteiger partial charge >= 0.3 is 6.03 Å². The largest absolute Gasteiger partial charge is 0.346 e. The zero-order valence-corrected chi connectivity index (χ0v) is 18.1. The van der Waals surface area contributed by atoms with Gasteiger partial charge in [0.1, 0.15) is 5.69 Å². The number of halogens is 1. The van der Waals surface area contributed by atoms with E-state index in [4.69, 9.17) is 11.6 Å². The molecular weight excluding hydrogens is 434 g/mol. The molecule has 0 fully saturated rings. The minimum Gasteiger partial charge on any atom is -0.306 e. The van der Waals surface area contributed by atoms with Crippen LogP contribution in [-0.4, -0.2) is 30.5 Å². The van der Waals surface area contributed by atoms with E-state index < -0.39 is 15.9 Å². The molecule has 31 heavy (non-hydrogen) atoms. The van der Waals surface area contributed by atoms with E-state index in [1.165, 1.54) is 16.8 Å². The summed E-state index contributed by atoms with van der Waals surface area (Å²) in [6.07, 6.45) is 2.80. The maximum atomic E-state index is 12.8. The summed E-state index contributed by atoms with van der Waals surface area (Å²) in [6, 6.07) is 22.3. The van der Waals surface area contributed by atoms with Gasteiger partial charge in [0.25, 0.3) is 0 Å². The highest BCUT2D eigenvalue weighted by molar-refractivity contribution is 7.90. The molecule has 0 saturated heterocycles. The van der Waals surface area contributed by atoms with Crippen molar-refractivity contribution in [2.45, 2.75) is 4.90 Å². The molecule has 6 nitrogen and oxygen atoms in total. The average Bonchev–Trinajstić information content (AvgIpc) is 3.20. The van der Waals surface area contributed by atoms with Gasteiger partial charge in [-0.2, -0.15) is 9.78 Å². The molecule has 4 aromatic rings. The van der Waals surface area contributed by atoms with Crippen LogP contribution in [0.15, 0.2) is 90.0 Å². The summed E-state index contributed by atoms with van der Waals surface area (Å²) in [5, 5.41) is 7.88. The molecule has 0 spiro atoms. The predicted molar refractivity (Wildman–Crippen MR) is 122 cm³/mol. The minimum absolute atomic E-state index is 0.213. The number of hydrogen-bond donors (Lipinski definition) is 1. The van der Waals surface area contributed by atoms with Gasteiger partial charge in [0.05, 0.1) is 4.90 Å². The normalized spacial score (nSPS) is 11.3. The van der Waals surface area contributed by atoms with Crippen molar-refractivity contribution in [1.29, 1.82) is 0 Å². The molecule has 1 N–H and O–H groups in total. The third kappa shape index (κ3) is 4.68. The number of rotatable bonds is 4. The van der Waals surface area contributed by atoms with Gasteiger partial charge in [-0.3, -0.25) is 0 Å². The standard InChI is InChI=1S/C23H18ClN3O3S/c1-31(29,30)20-13-9-17(10-14-20)22-21(16-7-11-18(24)12-8-16)15-27(26-22)23(28)25-19-5-3-2-4-6-19/h2-15H,1H3,(H,25,28). The van der Waals surface area contributed by atoms with E-state index in [1.54, 1.807) is 42.6 Å². The monoisotopic (exact) mass is 451 g/mol. The van der Waals surface area contributed by atoms with Crippen LogP contribution in [0.3, 0.4) is 0 Å². The third-order valence-electron chi connectivity index (χ3n) is 4.66. The smallest absolute Gasteiger partial charge is 0.306 e. The van der Waals surface area contributed by atoms with Crippen molar-refractivity contribution in [1.82, 2.24) is 9.78 Å². The van der Waals surface area contributed by atoms with Crippen LogP contribution in [0.4, 0.5) is 10.5 Å². The zero-order valence-electron chi connectivity index (χ0n) is 16.5. The highest BCUT2D eigenvalue weighted by Crippen LogP contribution is 2.32. The number of nitrogens with zero attached hydrogens (tertiary/aromatic N) is 2. The van der Waals surface area contributed by atoms with Crippen LogP contribution < -0.4 is 5.32 Å². The van der Waals surface area contributed by atoms with Crippen LogP contribution in [0.25, 0.3) is 22.4 Å². The van der Waals surface area contributed by atoms with Crippen molar-refractivity contribution in [3.8, 4) is 22.4 Å². The lowest BCUT2D eigenvalue weighted by Crippen LogP contribution is -2.19. The number of amides is 1. The summed E-state index contributed by atoms with van der Waals surface area (Å²) in [5.41, 5.74) is 3.42. The van der Waals surface area contributed by atoms with Gasteiger partial charge in [0.15, 0.2) is 9.84 Å². The number of sulfone groups is 1. The first-order valence-corrected chi connectivity index (χ1v) is 11.6. The molecule has 1 aromatic heterocycles. The average molecular weight is 452 g/mol. The minimum atomic E-state index is -3.32. The molecule has 8 heteroatoms. The Morgan fingerprint density at radius 1 is 0.903 bits per heavy atom. The highest BCUT2D eigenvalue weighted by atomic mass is 35.5. The fourth-order valence-corrected chi connectivity index (χ4v) is 3.85. The molecule has 4 rings (SSSR count). The lowest BCUT2D eigenvalue weighted by Gasteiger charge is -2.05. The molecule has 0 saturated carbocycles.